The number of halogens is 2. The quantitative estimate of drug-likeness (QED) is 0.661. The van der Waals surface area contributed by atoms with Gasteiger partial charge in [0.2, 0.25) is 0 Å². The van der Waals surface area contributed by atoms with Crippen molar-refractivity contribution >= 4 is 48.9 Å². The minimum absolute atomic E-state index is 0.183. The van der Waals surface area contributed by atoms with Crippen LogP contribution in [-0.4, -0.2) is 13.0 Å². The molecule has 23 heavy (non-hydrogen) atoms. The van der Waals surface area contributed by atoms with Gasteiger partial charge in [-0.3, -0.25) is 4.79 Å². The van der Waals surface area contributed by atoms with Crippen LogP contribution < -0.4 is 5.32 Å². The average molecular weight is 394 g/mol. The number of carbonyl (C=O) groups is 1. The molecule has 0 aliphatic heterocycles. The van der Waals surface area contributed by atoms with Gasteiger partial charge in [-0.25, -0.2) is 4.39 Å². The molecule has 118 valence electrons. The van der Waals surface area contributed by atoms with Gasteiger partial charge in [0, 0.05) is 32.9 Å². The van der Waals surface area contributed by atoms with E-state index in [1.54, 1.807) is 18.2 Å². The topological polar surface area (TPSA) is 38.3 Å². The molecule has 1 N–H and O–H groups in total. The van der Waals surface area contributed by atoms with Crippen LogP contribution in [0.4, 0.5) is 10.1 Å². The van der Waals surface area contributed by atoms with E-state index in [-0.39, 0.29) is 18.3 Å². The zero-order chi connectivity index (χ0) is 16.4. The Bertz CT molecular complexity index is 878. The second-order valence-electron chi connectivity index (χ2n) is 4.92. The zero-order valence-electron chi connectivity index (χ0n) is 12.2. The Hall–Kier alpha value is -1.76. The number of rotatable bonds is 4. The Morgan fingerprint density at radius 2 is 2.09 bits per heavy atom. The summed E-state index contributed by atoms with van der Waals surface area (Å²) in [5.41, 5.74) is 1.25. The van der Waals surface area contributed by atoms with Crippen LogP contribution in [0.3, 0.4) is 0 Å². The predicted molar refractivity (Wildman–Crippen MR) is 94.6 cm³/mol. The molecule has 0 aliphatic rings. The highest BCUT2D eigenvalue weighted by Gasteiger charge is 2.20. The highest BCUT2D eigenvalue weighted by atomic mass is 79.9. The molecule has 1 amide bonds. The maximum Gasteiger partial charge on any atom is 0.266 e. The lowest BCUT2D eigenvalue weighted by atomic mass is 10.1. The van der Waals surface area contributed by atoms with Crippen LogP contribution in [0, 0.1) is 5.82 Å². The van der Waals surface area contributed by atoms with E-state index < -0.39 is 0 Å². The van der Waals surface area contributed by atoms with Crippen LogP contribution in [0.2, 0.25) is 0 Å². The second kappa shape index (κ2) is 6.78. The fraction of sp³-hybridized carbons (Fsp3) is 0.118. The molecule has 0 atom stereocenters. The summed E-state index contributed by atoms with van der Waals surface area (Å²) >= 11 is 4.63. The number of nitrogens with one attached hydrogen (secondary N) is 1. The molecule has 0 spiro atoms. The molecule has 0 fully saturated rings. The Kier molecular flexibility index (Phi) is 4.75. The Balaban J connectivity index is 2.03. The Morgan fingerprint density at radius 3 is 2.83 bits per heavy atom. The third-order valence-electron chi connectivity index (χ3n) is 3.34. The molecule has 3 nitrogen and oxygen atoms in total. The molecule has 0 bridgehead atoms. The summed E-state index contributed by atoms with van der Waals surface area (Å²) in [7, 11) is 1.53. The lowest BCUT2D eigenvalue weighted by molar-refractivity contribution is 0.102. The predicted octanol–water partition coefficient (Wildman–Crippen LogP) is 5.20. The molecule has 2 aromatic carbocycles. The van der Waals surface area contributed by atoms with E-state index in [0.717, 1.165) is 9.17 Å². The van der Waals surface area contributed by atoms with Crippen LogP contribution in [0.5, 0.6) is 0 Å². The summed E-state index contributed by atoms with van der Waals surface area (Å²) in [6.07, 6.45) is 0. The maximum absolute atomic E-state index is 14.1. The van der Waals surface area contributed by atoms with Gasteiger partial charge in [-0.2, -0.15) is 0 Å². The maximum atomic E-state index is 14.1. The van der Waals surface area contributed by atoms with Crippen molar-refractivity contribution in [1.29, 1.82) is 0 Å². The van der Waals surface area contributed by atoms with E-state index in [2.05, 4.69) is 21.2 Å². The number of fused-ring (bicyclic) bond motifs is 1. The summed E-state index contributed by atoms with van der Waals surface area (Å²) < 4.78 is 20.9. The highest BCUT2D eigenvalue weighted by molar-refractivity contribution is 9.10. The summed E-state index contributed by atoms with van der Waals surface area (Å²) in [5, 5.41) is 3.30. The number of thiophene rings is 1. The van der Waals surface area contributed by atoms with Crippen molar-refractivity contribution in [2.45, 2.75) is 6.61 Å². The van der Waals surface area contributed by atoms with Gasteiger partial charge in [0.25, 0.3) is 5.91 Å². The molecule has 0 aliphatic carbocycles. The fourth-order valence-electron chi connectivity index (χ4n) is 2.39. The van der Waals surface area contributed by atoms with Crippen LogP contribution in [0.1, 0.15) is 15.2 Å². The minimum Gasteiger partial charge on any atom is -0.380 e. The first-order valence-corrected chi connectivity index (χ1v) is 8.47. The van der Waals surface area contributed by atoms with Crippen molar-refractivity contribution in [2.75, 3.05) is 12.4 Å². The number of amides is 1. The monoisotopic (exact) mass is 393 g/mol. The molecule has 6 heteroatoms. The molecule has 0 radical (unpaired) electrons. The molecule has 1 heterocycles. The van der Waals surface area contributed by atoms with Gasteiger partial charge < -0.3 is 10.1 Å². The van der Waals surface area contributed by atoms with Crippen LogP contribution in [0.25, 0.3) is 10.1 Å². The number of ether oxygens (including phenoxy) is 1. The minimum atomic E-state index is -0.340. The van der Waals surface area contributed by atoms with Crippen molar-refractivity contribution in [1.82, 2.24) is 0 Å². The first-order chi connectivity index (χ1) is 11.1. The molecular formula is C17H13BrFNO2S. The van der Waals surface area contributed by atoms with Crippen molar-refractivity contribution in [3.8, 4) is 0 Å². The number of methoxy groups -OCH3 is 1. The van der Waals surface area contributed by atoms with Gasteiger partial charge in [0.1, 0.15) is 5.82 Å². The molecule has 0 unspecified atom stereocenters. The standard InChI is InChI=1S/C17H13BrFNO2S/c1-22-9-12-15-13(19)6-3-7-14(15)23-16(12)17(21)20-11-5-2-4-10(18)8-11/h2-8H,9H2,1H3,(H,20,21). The SMILES string of the molecule is COCc1c(C(=O)Nc2cccc(Br)c2)sc2cccc(F)c12. The number of anilines is 1. The van der Waals surface area contributed by atoms with Crippen molar-refractivity contribution in [3.05, 3.63) is 63.2 Å². The molecule has 1 aromatic heterocycles. The smallest absolute Gasteiger partial charge is 0.266 e. The van der Waals surface area contributed by atoms with Gasteiger partial charge >= 0.3 is 0 Å². The van der Waals surface area contributed by atoms with Crippen LogP contribution >= 0.6 is 27.3 Å². The Morgan fingerprint density at radius 1 is 1.30 bits per heavy atom. The third-order valence-corrected chi connectivity index (χ3v) is 5.03. The first-order valence-electron chi connectivity index (χ1n) is 6.86. The number of benzene rings is 2. The van der Waals surface area contributed by atoms with Gasteiger partial charge in [-0.1, -0.05) is 28.1 Å². The Labute approximate surface area is 145 Å². The molecule has 3 rings (SSSR count). The summed E-state index contributed by atoms with van der Waals surface area (Å²) in [6, 6.07) is 12.2. The zero-order valence-corrected chi connectivity index (χ0v) is 14.6. The molecule has 0 saturated heterocycles. The normalized spacial score (nSPS) is 10.9. The molecule has 3 aromatic rings. The van der Waals surface area contributed by atoms with Gasteiger partial charge in [0.05, 0.1) is 11.5 Å². The van der Waals surface area contributed by atoms with E-state index in [0.29, 0.717) is 21.5 Å². The average Bonchev–Trinajstić information content (AvgIpc) is 2.88. The highest BCUT2D eigenvalue weighted by Crippen LogP contribution is 2.34. The number of carbonyl (C=O) groups excluding carboxylic acids is 1. The number of hydrogen-bond donors (Lipinski definition) is 1. The van der Waals surface area contributed by atoms with E-state index in [9.17, 15) is 9.18 Å². The van der Waals surface area contributed by atoms with E-state index in [1.165, 1.54) is 24.5 Å². The van der Waals surface area contributed by atoms with Gasteiger partial charge in [0.15, 0.2) is 0 Å². The van der Waals surface area contributed by atoms with Gasteiger partial charge in [-0.15, -0.1) is 11.3 Å². The van der Waals surface area contributed by atoms with Gasteiger partial charge in [-0.05, 0) is 30.3 Å². The van der Waals surface area contributed by atoms with Crippen molar-refractivity contribution in [3.63, 3.8) is 0 Å². The third kappa shape index (κ3) is 3.29. The molecule has 0 saturated carbocycles. The van der Waals surface area contributed by atoms with Crippen LogP contribution in [-0.2, 0) is 11.3 Å². The van der Waals surface area contributed by atoms with E-state index in [1.807, 2.05) is 18.2 Å². The van der Waals surface area contributed by atoms with Crippen molar-refractivity contribution < 1.29 is 13.9 Å². The lowest BCUT2D eigenvalue weighted by Gasteiger charge is -2.06. The lowest BCUT2D eigenvalue weighted by Crippen LogP contribution is -2.12. The summed E-state index contributed by atoms with van der Waals surface area (Å²) in [4.78, 5) is 13.1. The van der Waals surface area contributed by atoms with Crippen molar-refractivity contribution in [2.24, 2.45) is 0 Å². The second-order valence-corrected chi connectivity index (χ2v) is 6.89. The molecular weight excluding hydrogens is 381 g/mol. The van der Waals surface area contributed by atoms with Crippen LogP contribution in [0.15, 0.2) is 46.9 Å². The summed E-state index contributed by atoms with van der Waals surface area (Å²) in [5.74, 6) is -0.608. The fourth-order valence-corrected chi connectivity index (χ4v) is 3.90. The summed E-state index contributed by atoms with van der Waals surface area (Å²) in [6.45, 7) is 0.183. The largest absolute Gasteiger partial charge is 0.380 e. The number of hydrogen-bond acceptors (Lipinski definition) is 3. The van der Waals surface area contributed by atoms with E-state index >= 15 is 0 Å². The van der Waals surface area contributed by atoms with E-state index in [4.69, 9.17) is 4.74 Å². The first kappa shape index (κ1) is 16.1.